The van der Waals surface area contributed by atoms with Crippen LogP contribution in [-0.2, 0) is 9.47 Å². The molecule has 1 aliphatic carbocycles. The highest BCUT2D eigenvalue weighted by Gasteiger charge is 2.39. The lowest BCUT2D eigenvalue weighted by molar-refractivity contribution is -0.0164. The molecule has 0 aromatic carbocycles. The Balaban J connectivity index is 0.00000243. The van der Waals surface area contributed by atoms with Crippen LogP contribution in [0, 0.1) is 5.92 Å². The van der Waals surface area contributed by atoms with Crippen LogP contribution in [0.2, 0.25) is 0 Å². The first-order chi connectivity index (χ1) is 12.3. The molecule has 0 bridgehead atoms. The van der Waals surface area contributed by atoms with E-state index in [-0.39, 0.29) is 29.5 Å². The molecule has 3 aliphatic rings. The highest BCUT2D eigenvalue weighted by Crippen LogP contribution is 2.30. The minimum Gasteiger partial charge on any atom is -0.381 e. The summed E-state index contributed by atoms with van der Waals surface area (Å²) in [7, 11) is 1.85. The van der Waals surface area contributed by atoms with Crippen LogP contribution >= 0.6 is 24.0 Å². The van der Waals surface area contributed by atoms with Crippen molar-refractivity contribution in [2.75, 3.05) is 59.7 Å². The third-order valence-electron chi connectivity index (χ3n) is 5.82. The van der Waals surface area contributed by atoms with Crippen molar-refractivity contribution in [2.24, 2.45) is 10.9 Å². The second kappa shape index (κ2) is 11.7. The standard InChI is InChI=1S/C19H36N4O2.HI/c1-20-18(21-9-4-12-25-15-17-5-6-17)22-16-19(7-13-24-14-8-19)23-10-2-3-11-23;/h17H,2-16H2,1H3,(H2,20,21,22);1H. The van der Waals surface area contributed by atoms with Crippen LogP contribution in [-0.4, -0.2) is 76.1 Å². The van der Waals surface area contributed by atoms with Gasteiger partial charge in [-0.15, -0.1) is 24.0 Å². The lowest BCUT2D eigenvalue weighted by Gasteiger charge is -2.45. The summed E-state index contributed by atoms with van der Waals surface area (Å²) in [6.45, 7) is 7.87. The Morgan fingerprint density at radius 1 is 1.19 bits per heavy atom. The lowest BCUT2D eigenvalue weighted by Crippen LogP contribution is -2.58. The van der Waals surface area contributed by atoms with Crippen molar-refractivity contribution in [1.82, 2.24) is 15.5 Å². The Morgan fingerprint density at radius 3 is 2.58 bits per heavy atom. The van der Waals surface area contributed by atoms with Gasteiger partial charge in [0.15, 0.2) is 5.96 Å². The second-order valence-corrected chi connectivity index (χ2v) is 7.76. The van der Waals surface area contributed by atoms with Crippen molar-refractivity contribution in [3.05, 3.63) is 0 Å². The zero-order chi connectivity index (χ0) is 17.4. The van der Waals surface area contributed by atoms with Gasteiger partial charge in [-0.25, -0.2) is 0 Å². The minimum atomic E-state index is 0. The van der Waals surface area contributed by atoms with Crippen molar-refractivity contribution < 1.29 is 9.47 Å². The third-order valence-corrected chi connectivity index (χ3v) is 5.82. The molecule has 0 atom stereocenters. The highest BCUT2D eigenvalue weighted by atomic mass is 127. The van der Waals surface area contributed by atoms with Crippen LogP contribution in [0.25, 0.3) is 0 Å². The van der Waals surface area contributed by atoms with E-state index in [1.54, 1.807) is 0 Å². The van der Waals surface area contributed by atoms with E-state index in [0.717, 1.165) is 70.7 Å². The monoisotopic (exact) mass is 480 g/mol. The fourth-order valence-corrected chi connectivity index (χ4v) is 3.93. The highest BCUT2D eigenvalue weighted by molar-refractivity contribution is 14.0. The largest absolute Gasteiger partial charge is 0.381 e. The molecule has 6 nitrogen and oxygen atoms in total. The van der Waals surface area contributed by atoms with Crippen molar-refractivity contribution in [1.29, 1.82) is 0 Å². The van der Waals surface area contributed by atoms with Gasteiger partial charge in [0.2, 0.25) is 0 Å². The van der Waals surface area contributed by atoms with Gasteiger partial charge in [0.25, 0.3) is 0 Å². The van der Waals surface area contributed by atoms with Gasteiger partial charge >= 0.3 is 0 Å². The summed E-state index contributed by atoms with van der Waals surface area (Å²) in [5.74, 6) is 1.76. The molecule has 26 heavy (non-hydrogen) atoms. The number of likely N-dealkylation sites (tertiary alicyclic amines) is 1. The topological polar surface area (TPSA) is 58.1 Å². The van der Waals surface area contributed by atoms with E-state index in [0.29, 0.717) is 0 Å². The number of hydrogen-bond donors (Lipinski definition) is 2. The molecule has 2 heterocycles. The quantitative estimate of drug-likeness (QED) is 0.230. The van der Waals surface area contributed by atoms with Gasteiger partial charge in [0, 0.05) is 52.1 Å². The van der Waals surface area contributed by atoms with Crippen LogP contribution in [0.1, 0.15) is 44.9 Å². The lowest BCUT2D eigenvalue weighted by atomic mass is 9.88. The molecular formula is C19H37IN4O2. The van der Waals surface area contributed by atoms with Gasteiger partial charge in [0.1, 0.15) is 0 Å². The first-order valence-corrected chi connectivity index (χ1v) is 10.2. The van der Waals surface area contributed by atoms with Gasteiger partial charge in [-0.3, -0.25) is 9.89 Å². The van der Waals surface area contributed by atoms with Crippen molar-refractivity contribution >= 4 is 29.9 Å². The summed E-state index contributed by atoms with van der Waals surface area (Å²) in [4.78, 5) is 7.07. The molecule has 3 fully saturated rings. The van der Waals surface area contributed by atoms with E-state index < -0.39 is 0 Å². The van der Waals surface area contributed by atoms with Crippen molar-refractivity contribution in [3.63, 3.8) is 0 Å². The summed E-state index contributed by atoms with van der Waals surface area (Å²) in [6.07, 6.45) is 8.64. The van der Waals surface area contributed by atoms with Gasteiger partial charge in [-0.1, -0.05) is 0 Å². The van der Waals surface area contributed by atoms with Gasteiger partial charge in [-0.2, -0.15) is 0 Å². The molecule has 0 spiro atoms. The molecule has 0 amide bonds. The predicted octanol–water partition coefficient (Wildman–Crippen LogP) is 2.23. The van der Waals surface area contributed by atoms with E-state index in [1.807, 2.05) is 7.05 Å². The number of hydrogen-bond acceptors (Lipinski definition) is 4. The maximum Gasteiger partial charge on any atom is 0.191 e. The first kappa shape index (κ1) is 22.2. The molecule has 152 valence electrons. The number of guanidine groups is 1. The number of nitrogens with one attached hydrogen (secondary N) is 2. The molecule has 2 N–H and O–H groups in total. The molecule has 2 aliphatic heterocycles. The Hall–Kier alpha value is -0.120. The normalized spacial score (nSPS) is 23.5. The smallest absolute Gasteiger partial charge is 0.191 e. The maximum atomic E-state index is 5.69. The van der Waals surface area contributed by atoms with Crippen LogP contribution < -0.4 is 10.6 Å². The van der Waals surface area contributed by atoms with Gasteiger partial charge < -0.3 is 20.1 Å². The zero-order valence-corrected chi connectivity index (χ0v) is 18.6. The Bertz CT molecular complexity index is 420. The Kier molecular flexibility index (Phi) is 9.94. The van der Waals surface area contributed by atoms with Crippen molar-refractivity contribution in [2.45, 2.75) is 50.5 Å². The molecule has 3 rings (SSSR count). The fourth-order valence-electron chi connectivity index (χ4n) is 3.93. The van der Waals surface area contributed by atoms with E-state index in [9.17, 15) is 0 Å². The molecular weight excluding hydrogens is 443 g/mol. The second-order valence-electron chi connectivity index (χ2n) is 7.76. The Morgan fingerprint density at radius 2 is 1.92 bits per heavy atom. The zero-order valence-electron chi connectivity index (χ0n) is 16.3. The van der Waals surface area contributed by atoms with E-state index in [1.165, 1.54) is 38.8 Å². The molecule has 0 aromatic rings. The molecule has 0 radical (unpaired) electrons. The summed E-state index contributed by atoms with van der Waals surface area (Å²) in [5.41, 5.74) is 0.236. The van der Waals surface area contributed by atoms with Gasteiger partial charge in [-0.05, 0) is 64.0 Å². The van der Waals surface area contributed by atoms with E-state index >= 15 is 0 Å². The Labute approximate surface area is 175 Å². The summed E-state index contributed by atoms with van der Waals surface area (Å²) in [6, 6.07) is 0. The van der Waals surface area contributed by atoms with Gasteiger partial charge in [0.05, 0.1) is 0 Å². The van der Waals surface area contributed by atoms with Crippen LogP contribution in [0.4, 0.5) is 0 Å². The predicted molar refractivity (Wildman–Crippen MR) is 117 cm³/mol. The number of rotatable bonds is 9. The SMILES string of the molecule is CN=C(NCCCOCC1CC1)NCC1(N2CCCC2)CCOCC1.I. The van der Waals surface area contributed by atoms with Crippen LogP contribution in [0.3, 0.4) is 0 Å². The first-order valence-electron chi connectivity index (χ1n) is 10.2. The van der Waals surface area contributed by atoms with E-state index in [4.69, 9.17) is 9.47 Å². The minimum absolute atomic E-state index is 0. The third kappa shape index (κ3) is 6.80. The molecule has 2 saturated heterocycles. The van der Waals surface area contributed by atoms with Crippen molar-refractivity contribution in [3.8, 4) is 0 Å². The summed E-state index contributed by atoms with van der Waals surface area (Å²) < 4.78 is 11.3. The molecule has 0 unspecified atom stereocenters. The molecule has 0 aromatic heterocycles. The maximum absolute atomic E-state index is 5.69. The van der Waals surface area contributed by atoms with Crippen LogP contribution in [0.5, 0.6) is 0 Å². The molecule has 7 heteroatoms. The average Bonchev–Trinajstić information content (AvgIpc) is 3.30. The number of nitrogens with zero attached hydrogens (tertiary/aromatic N) is 2. The summed E-state index contributed by atoms with van der Waals surface area (Å²) in [5, 5.41) is 7.01. The average molecular weight is 480 g/mol. The summed E-state index contributed by atoms with van der Waals surface area (Å²) >= 11 is 0. The fraction of sp³-hybridized carbons (Fsp3) is 0.947. The number of aliphatic imine (C=N–C) groups is 1. The van der Waals surface area contributed by atoms with E-state index in [2.05, 4.69) is 20.5 Å². The number of halogens is 1. The number of ether oxygens (including phenoxy) is 2. The molecule has 1 saturated carbocycles. The van der Waals surface area contributed by atoms with Crippen LogP contribution in [0.15, 0.2) is 4.99 Å².